The van der Waals surface area contributed by atoms with Crippen molar-refractivity contribution in [3.05, 3.63) is 53.1 Å². The van der Waals surface area contributed by atoms with Crippen LogP contribution in [0.4, 0.5) is 0 Å². The lowest BCUT2D eigenvalue weighted by atomic mass is 10.1. The molecule has 0 aromatic heterocycles. The molecule has 6 nitrogen and oxygen atoms in total. The summed E-state index contributed by atoms with van der Waals surface area (Å²) in [6.07, 6.45) is 6.12. The van der Waals surface area contributed by atoms with Crippen LogP contribution in [-0.2, 0) is 10.0 Å². The van der Waals surface area contributed by atoms with Gasteiger partial charge in [0.05, 0.1) is 10.5 Å². The molecule has 1 aliphatic heterocycles. The zero-order chi connectivity index (χ0) is 23.1. The highest BCUT2D eigenvalue weighted by atomic mass is 32.2. The Bertz CT molecular complexity index is 1050. The van der Waals surface area contributed by atoms with Crippen LogP contribution in [0.5, 0.6) is 5.75 Å². The Morgan fingerprint density at radius 2 is 1.75 bits per heavy atom. The standard InChI is InChI=1S/C24H32N2O4S2/c1-18-8-9-20(16-19(18)2)30-15-12-25-32(28,29)21-10-11-23(31-3)22(17-21)24(27)26-13-6-4-5-7-14-26/h8-11,16-17,25H,4-7,12-15H2,1-3H3. The minimum atomic E-state index is -3.76. The van der Waals surface area contributed by atoms with Crippen molar-refractivity contribution < 1.29 is 17.9 Å². The molecule has 3 rings (SSSR count). The van der Waals surface area contributed by atoms with Crippen LogP contribution < -0.4 is 9.46 Å². The number of nitrogens with zero attached hydrogens (tertiary/aromatic N) is 1. The van der Waals surface area contributed by atoms with Crippen molar-refractivity contribution in [3.8, 4) is 5.75 Å². The number of aryl methyl sites for hydroxylation is 2. The number of ether oxygens (including phenoxy) is 1. The molecule has 1 saturated heterocycles. The number of amides is 1. The lowest BCUT2D eigenvalue weighted by molar-refractivity contribution is 0.0758. The van der Waals surface area contributed by atoms with Gasteiger partial charge in [0.15, 0.2) is 0 Å². The minimum absolute atomic E-state index is 0.0913. The highest BCUT2D eigenvalue weighted by Crippen LogP contribution is 2.26. The number of nitrogens with one attached hydrogen (secondary N) is 1. The van der Waals surface area contributed by atoms with Crippen molar-refractivity contribution in [1.29, 1.82) is 0 Å². The molecule has 0 radical (unpaired) electrons. The third-order valence-corrected chi connectivity index (χ3v) is 8.00. The largest absolute Gasteiger partial charge is 0.492 e. The summed E-state index contributed by atoms with van der Waals surface area (Å²) >= 11 is 1.45. The lowest BCUT2D eigenvalue weighted by Gasteiger charge is -2.22. The van der Waals surface area contributed by atoms with E-state index in [1.54, 1.807) is 12.1 Å². The molecule has 1 fully saturated rings. The first kappa shape index (κ1) is 24.6. The first-order chi connectivity index (χ1) is 15.3. The molecule has 2 aromatic carbocycles. The Hall–Kier alpha value is -2.03. The van der Waals surface area contributed by atoms with Gasteiger partial charge in [-0.05, 0) is 74.4 Å². The van der Waals surface area contributed by atoms with Gasteiger partial charge in [0.25, 0.3) is 5.91 Å². The van der Waals surface area contributed by atoms with E-state index in [0.717, 1.165) is 49.2 Å². The molecule has 1 N–H and O–H groups in total. The quantitative estimate of drug-likeness (QED) is 0.451. The number of rotatable bonds is 8. The van der Waals surface area contributed by atoms with E-state index in [-0.39, 0.29) is 24.0 Å². The summed E-state index contributed by atoms with van der Waals surface area (Å²) < 4.78 is 34.0. The van der Waals surface area contributed by atoms with Crippen molar-refractivity contribution in [2.24, 2.45) is 0 Å². The molecule has 0 spiro atoms. The van der Waals surface area contributed by atoms with Crippen LogP contribution in [0.15, 0.2) is 46.2 Å². The number of carbonyl (C=O) groups is 1. The summed E-state index contributed by atoms with van der Waals surface area (Å²) in [7, 11) is -3.76. The van der Waals surface area contributed by atoms with E-state index in [2.05, 4.69) is 4.72 Å². The van der Waals surface area contributed by atoms with E-state index in [4.69, 9.17) is 4.74 Å². The van der Waals surface area contributed by atoms with Gasteiger partial charge in [-0.15, -0.1) is 11.8 Å². The summed E-state index contributed by atoms with van der Waals surface area (Å²) in [4.78, 5) is 15.9. The third kappa shape index (κ3) is 6.27. The van der Waals surface area contributed by atoms with Gasteiger partial charge in [-0.3, -0.25) is 4.79 Å². The first-order valence-corrected chi connectivity index (χ1v) is 13.7. The highest BCUT2D eigenvalue weighted by molar-refractivity contribution is 7.98. The number of benzene rings is 2. The zero-order valence-electron chi connectivity index (χ0n) is 19.0. The van der Waals surface area contributed by atoms with Crippen LogP contribution >= 0.6 is 11.8 Å². The van der Waals surface area contributed by atoms with E-state index < -0.39 is 10.0 Å². The number of hydrogen-bond acceptors (Lipinski definition) is 5. The molecule has 0 bridgehead atoms. The van der Waals surface area contributed by atoms with Crippen molar-refractivity contribution in [2.45, 2.75) is 49.3 Å². The van der Waals surface area contributed by atoms with E-state index in [9.17, 15) is 13.2 Å². The molecule has 0 atom stereocenters. The summed E-state index contributed by atoms with van der Waals surface area (Å²) in [5.41, 5.74) is 2.75. The predicted molar refractivity (Wildman–Crippen MR) is 129 cm³/mol. The van der Waals surface area contributed by atoms with Crippen LogP contribution in [0, 0.1) is 13.8 Å². The van der Waals surface area contributed by atoms with Crippen LogP contribution in [0.1, 0.15) is 47.2 Å². The Balaban J connectivity index is 1.68. The molecular weight excluding hydrogens is 444 g/mol. The second-order valence-corrected chi connectivity index (χ2v) is 10.7. The number of likely N-dealkylation sites (tertiary alicyclic amines) is 1. The average Bonchev–Trinajstić information content (AvgIpc) is 3.07. The van der Waals surface area contributed by atoms with Crippen molar-refractivity contribution in [3.63, 3.8) is 0 Å². The maximum atomic E-state index is 13.2. The number of thioether (sulfide) groups is 1. The fourth-order valence-electron chi connectivity index (χ4n) is 3.70. The number of sulfonamides is 1. The second-order valence-electron chi connectivity index (χ2n) is 8.06. The molecule has 0 aliphatic carbocycles. The molecule has 2 aromatic rings. The number of hydrogen-bond donors (Lipinski definition) is 1. The summed E-state index contributed by atoms with van der Waals surface area (Å²) in [5, 5.41) is 0. The summed E-state index contributed by atoms with van der Waals surface area (Å²) in [6.45, 7) is 5.82. The van der Waals surface area contributed by atoms with Gasteiger partial charge in [-0.2, -0.15) is 0 Å². The van der Waals surface area contributed by atoms with Crippen LogP contribution in [0.3, 0.4) is 0 Å². The van der Waals surface area contributed by atoms with Gasteiger partial charge in [-0.25, -0.2) is 13.1 Å². The van der Waals surface area contributed by atoms with Gasteiger partial charge in [0.1, 0.15) is 12.4 Å². The van der Waals surface area contributed by atoms with Gasteiger partial charge >= 0.3 is 0 Å². The monoisotopic (exact) mass is 476 g/mol. The molecule has 8 heteroatoms. The minimum Gasteiger partial charge on any atom is -0.492 e. The fraction of sp³-hybridized carbons (Fsp3) is 0.458. The van der Waals surface area contributed by atoms with Crippen LogP contribution in [0.25, 0.3) is 0 Å². The van der Waals surface area contributed by atoms with Gasteiger partial charge in [-0.1, -0.05) is 18.9 Å². The molecule has 1 amide bonds. The maximum absolute atomic E-state index is 13.2. The van der Waals surface area contributed by atoms with E-state index in [1.165, 1.54) is 23.4 Å². The normalized spacial score (nSPS) is 14.8. The van der Waals surface area contributed by atoms with Crippen molar-refractivity contribution in [1.82, 2.24) is 9.62 Å². The maximum Gasteiger partial charge on any atom is 0.255 e. The van der Waals surface area contributed by atoms with Crippen LogP contribution in [0.2, 0.25) is 0 Å². The zero-order valence-corrected chi connectivity index (χ0v) is 20.7. The average molecular weight is 477 g/mol. The lowest BCUT2D eigenvalue weighted by Crippen LogP contribution is -2.33. The number of carbonyl (C=O) groups excluding carboxylic acids is 1. The van der Waals surface area contributed by atoms with Gasteiger partial charge < -0.3 is 9.64 Å². The Labute approximate surface area is 195 Å². The molecular formula is C24H32N2O4S2. The molecule has 0 saturated carbocycles. The Morgan fingerprint density at radius 3 is 2.41 bits per heavy atom. The summed E-state index contributed by atoms with van der Waals surface area (Å²) in [6, 6.07) is 10.6. The Kier molecular flexibility index (Phi) is 8.62. The van der Waals surface area contributed by atoms with Crippen LogP contribution in [-0.4, -0.2) is 51.7 Å². The SMILES string of the molecule is CSc1ccc(S(=O)(=O)NCCOc2ccc(C)c(C)c2)cc1C(=O)N1CCCCCC1. The topological polar surface area (TPSA) is 75.7 Å². The summed E-state index contributed by atoms with van der Waals surface area (Å²) in [5.74, 6) is 0.619. The molecule has 1 heterocycles. The first-order valence-electron chi connectivity index (χ1n) is 11.0. The van der Waals surface area contributed by atoms with Crippen molar-refractivity contribution >= 4 is 27.7 Å². The van der Waals surface area contributed by atoms with E-state index in [1.807, 2.05) is 43.2 Å². The molecule has 32 heavy (non-hydrogen) atoms. The highest BCUT2D eigenvalue weighted by Gasteiger charge is 2.23. The van der Waals surface area contributed by atoms with Gasteiger partial charge in [0, 0.05) is 24.5 Å². The molecule has 0 unspecified atom stereocenters. The van der Waals surface area contributed by atoms with Crippen molar-refractivity contribution in [2.75, 3.05) is 32.5 Å². The van der Waals surface area contributed by atoms with E-state index in [0.29, 0.717) is 11.3 Å². The van der Waals surface area contributed by atoms with Gasteiger partial charge in [0.2, 0.25) is 10.0 Å². The third-order valence-electron chi connectivity index (χ3n) is 5.75. The predicted octanol–water partition coefficient (Wildman–Crippen LogP) is 4.40. The Morgan fingerprint density at radius 1 is 1.03 bits per heavy atom. The van der Waals surface area contributed by atoms with E-state index >= 15 is 0 Å². The smallest absolute Gasteiger partial charge is 0.255 e. The molecule has 1 aliphatic rings. The fourth-order valence-corrected chi connectivity index (χ4v) is 5.31. The second kappa shape index (κ2) is 11.2. The molecule has 174 valence electrons.